The van der Waals surface area contributed by atoms with E-state index >= 15 is 0 Å². The highest BCUT2D eigenvalue weighted by Crippen LogP contribution is 2.26. The summed E-state index contributed by atoms with van der Waals surface area (Å²) in [6.45, 7) is 3.08. The maximum atomic E-state index is 5.74. The topological polar surface area (TPSA) is 97.4 Å². The number of nitrogens with two attached hydrogens (primary N) is 1. The lowest BCUT2D eigenvalue weighted by atomic mass is 10.2. The summed E-state index contributed by atoms with van der Waals surface area (Å²) in [7, 11) is 0. The van der Waals surface area contributed by atoms with Gasteiger partial charge in [-0.2, -0.15) is 0 Å². The molecule has 5 rings (SSSR count). The summed E-state index contributed by atoms with van der Waals surface area (Å²) in [5.74, 6) is 2.01. The van der Waals surface area contributed by atoms with E-state index in [4.69, 9.17) is 15.5 Å². The SMILES string of the molecule is Nc1nc2ccc(-c3nc(N4CCOCC4)c4cccn4n3)cc2[nH]1. The molecule has 1 saturated heterocycles. The Morgan fingerprint density at radius 1 is 1.12 bits per heavy atom. The van der Waals surface area contributed by atoms with E-state index in [1.807, 2.05) is 41.0 Å². The van der Waals surface area contributed by atoms with Crippen molar-refractivity contribution in [2.45, 2.75) is 0 Å². The van der Waals surface area contributed by atoms with Crippen LogP contribution >= 0.6 is 0 Å². The molecule has 1 aromatic carbocycles. The summed E-state index contributed by atoms with van der Waals surface area (Å²) in [5.41, 5.74) is 9.36. The fraction of sp³-hybridized carbons (Fsp3) is 0.235. The number of fused-ring (bicyclic) bond motifs is 2. The summed E-state index contributed by atoms with van der Waals surface area (Å²) in [5, 5.41) is 4.66. The average molecular weight is 335 g/mol. The third-order valence-electron chi connectivity index (χ3n) is 4.44. The number of hydrogen-bond acceptors (Lipinski definition) is 6. The molecule has 1 fully saturated rings. The number of nitrogen functional groups attached to an aromatic ring is 1. The van der Waals surface area contributed by atoms with Gasteiger partial charge in [-0.1, -0.05) is 0 Å². The normalized spacial score (nSPS) is 15.3. The Morgan fingerprint density at radius 2 is 2.00 bits per heavy atom. The molecule has 1 aliphatic rings. The predicted octanol–water partition coefficient (Wildman–Crippen LogP) is 1.69. The van der Waals surface area contributed by atoms with Crippen molar-refractivity contribution in [2.75, 3.05) is 36.9 Å². The highest BCUT2D eigenvalue weighted by Gasteiger charge is 2.18. The van der Waals surface area contributed by atoms with Crippen molar-refractivity contribution in [3.63, 3.8) is 0 Å². The summed E-state index contributed by atoms with van der Waals surface area (Å²) < 4.78 is 7.34. The molecule has 8 heteroatoms. The number of imidazole rings is 1. The molecule has 0 unspecified atom stereocenters. The monoisotopic (exact) mass is 335 g/mol. The first kappa shape index (κ1) is 14.2. The molecule has 4 aromatic rings. The molecule has 0 saturated carbocycles. The van der Waals surface area contributed by atoms with Crippen LogP contribution in [0, 0.1) is 0 Å². The molecule has 8 nitrogen and oxygen atoms in total. The molecule has 3 aromatic heterocycles. The number of nitrogens with one attached hydrogen (secondary N) is 1. The Morgan fingerprint density at radius 3 is 2.88 bits per heavy atom. The lowest BCUT2D eigenvalue weighted by Gasteiger charge is -2.28. The van der Waals surface area contributed by atoms with E-state index < -0.39 is 0 Å². The molecule has 25 heavy (non-hydrogen) atoms. The highest BCUT2D eigenvalue weighted by molar-refractivity contribution is 5.82. The van der Waals surface area contributed by atoms with Crippen LogP contribution in [-0.4, -0.2) is 50.9 Å². The first-order chi connectivity index (χ1) is 12.3. The van der Waals surface area contributed by atoms with Crippen molar-refractivity contribution in [3.05, 3.63) is 36.5 Å². The van der Waals surface area contributed by atoms with Crippen LogP contribution in [0.2, 0.25) is 0 Å². The molecule has 0 atom stereocenters. The number of aromatic nitrogens is 5. The second-order valence-corrected chi connectivity index (χ2v) is 6.05. The quantitative estimate of drug-likeness (QED) is 0.578. The van der Waals surface area contributed by atoms with Gasteiger partial charge in [0, 0.05) is 24.8 Å². The van der Waals surface area contributed by atoms with Gasteiger partial charge in [0.15, 0.2) is 17.6 Å². The lowest BCUT2D eigenvalue weighted by Crippen LogP contribution is -2.37. The van der Waals surface area contributed by atoms with Crippen molar-refractivity contribution in [1.29, 1.82) is 0 Å². The van der Waals surface area contributed by atoms with Gasteiger partial charge in [0.1, 0.15) is 5.52 Å². The molecule has 3 N–H and O–H groups in total. The Balaban J connectivity index is 1.66. The van der Waals surface area contributed by atoms with E-state index in [9.17, 15) is 0 Å². The number of anilines is 2. The van der Waals surface area contributed by atoms with Gasteiger partial charge in [-0.05, 0) is 30.3 Å². The molecule has 1 aliphatic heterocycles. The first-order valence-corrected chi connectivity index (χ1v) is 8.22. The van der Waals surface area contributed by atoms with Gasteiger partial charge >= 0.3 is 0 Å². The van der Waals surface area contributed by atoms with Gasteiger partial charge in [-0.3, -0.25) is 0 Å². The Bertz CT molecular complexity index is 1060. The third kappa shape index (κ3) is 2.38. The van der Waals surface area contributed by atoms with Crippen LogP contribution in [-0.2, 0) is 4.74 Å². The molecular formula is C17H17N7O. The van der Waals surface area contributed by atoms with Crippen molar-refractivity contribution in [3.8, 4) is 11.4 Å². The van der Waals surface area contributed by atoms with Gasteiger partial charge in [0.05, 0.1) is 24.2 Å². The number of ether oxygens (including phenoxy) is 1. The third-order valence-corrected chi connectivity index (χ3v) is 4.44. The van der Waals surface area contributed by atoms with Gasteiger partial charge in [0.2, 0.25) is 0 Å². The Labute approximate surface area is 143 Å². The van der Waals surface area contributed by atoms with Gasteiger partial charge in [-0.25, -0.2) is 14.5 Å². The van der Waals surface area contributed by atoms with Crippen molar-refractivity contribution in [1.82, 2.24) is 24.6 Å². The predicted molar refractivity (Wildman–Crippen MR) is 95.5 cm³/mol. The minimum Gasteiger partial charge on any atom is -0.378 e. The fourth-order valence-corrected chi connectivity index (χ4v) is 3.22. The molecule has 0 spiro atoms. The van der Waals surface area contributed by atoms with E-state index in [2.05, 4.69) is 20.0 Å². The van der Waals surface area contributed by atoms with E-state index in [0.717, 1.165) is 41.0 Å². The van der Waals surface area contributed by atoms with E-state index in [1.165, 1.54) is 0 Å². The first-order valence-electron chi connectivity index (χ1n) is 8.22. The number of H-pyrrole nitrogens is 1. The maximum absolute atomic E-state index is 5.74. The molecule has 0 amide bonds. The molecule has 126 valence electrons. The van der Waals surface area contributed by atoms with Crippen LogP contribution in [0.3, 0.4) is 0 Å². The lowest BCUT2D eigenvalue weighted by molar-refractivity contribution is 0.122. The van der Waals surface area contributed by atoms with Gasteiger partial charge in [0.25, 0.3) is 0 Å². The van der Waals surface area contributed by atoms with E-state index in [1.54, 1.807) is 0 Å². The second kappa shape index (κ2) is 5.45. The minimum atomic E-state index is 0.405. The number of nitrogens with zero attached hydrogens (tertiary/aromatic N) is 5. The van der Waals surface area contributed by atoms with Crippen molar-refractivity contribution < 1.29 is 4.74 Å². The van der Waals surface area contributed by atoms with Gasteiger partial charge in [-0.15, -0.1) is 5.10 Å². The van der Waals surface area contributed by atoms with Crippen LogP contribution in [0.1, 0.15) is 0 Å². The van der Waals surface area contributed by atoms with Crippen LogP contribution in [0.5, 0.6) is 0 Å². The molecular weight excluding hydrogens is 318 g/mol. The van der Waals surface area contributed by atoms with Crippen molar-refractivity contribution in [2.24, 2.45) is 0 Å². The standard InChI is InChI=1S/C17H17N7O/c18-17-19-12-4-3-11(10-13(12)20-17)15-21-16(23-6-8-25-9-7-23)14-2-1-5-24(14)22-15/h1-5,10H,6-9H2,(H3,18,19,20). The smallest absolute Gasteiger partial charge is 0.198 e. The van der Waals surface area contributed by atoms with Crippen LogP contribution in [0.25, 0.3) is 27.9 Å². The Hall–Kier alpha value is -3.13. The summed E-state index contributed by atoms with van der Waals surface area (Å²) in [6.07, 6.45) is 1.94. The van der Waals surface area contributed by atoms with Crippen LogP contribution in [0.15, 0.2) is 36.5 Å². The number of benzene rings is 1. The zero-order valence-corrected chi connectivity index (χ0v) is 13.5. The summed E-state index contributed by atoms with van der Waals surface area (Å²) >= 11 is 0. The molecule has 0 bridgehead atoms. The van der Waals surface area contributed by atoms with Gasteiger partial charge < -0.3 is 20.4 Å². The molecule has 4 heterocycles. The minimum absolute atomic E-state index is 0.405. The second-order valence-electron chi connectivity index (χ2n) is 6.05. The number of morpholine rings is 1. The number of aromatic amines is 1. The van der Waals surface area contributed by atoms with E-state index in [0.29, 0.717) is 25.0 Å². The fourth-order valence-electron chi connectivity index (χ4n) is 3.22. The zero-order valence-electron chi connectivity index (χ0n) is 13.5. The Kier molecular flexibility index (Phi) is 3.10. The number of hydrogen-bond donors (Lipinski definition) is 2. The maximum Gasteiger partial charge on any atom is 0.198 e. The molecule has 0 radical (unpaired) electrons. The van der Waals surface area contributed by atoms with E-state index in [-0.39, 0.29) is 0 Å². The molecule has 0 aliphatic carbocycles. The number of rotatable bonds is 2. The summed E-state index contributed by atoms with van der Waals surface area (Å²) in [6, 6.07) is 9.89. The summed E-state index contributed by atoms with van der Waals surface area (Å²) in [4.78, 5) is 14.4. The highest BCUT2D eigenvalue weighted by atomic mass is 16.5. The largest absolute Gasteiger partial charge is 0.378 e. The van der Waals surface area contributed by atoms with Crippen LogP contribution in [0.4, 0.5) is 11.8 Å². The van der Waals surface area contributed by atoms with Crippen molar-refractivity contribution >= 4 is 28.3 Å². The zero-order chi connectivity index (χ0) is 16.8. The average Bonchev–Trinajstić information content (AvgIpc) is 3.26. The van der Waals surface area contributed by atoms with Crippen LogP contribution < -0.4 is 10.6 Å².